The lowest BCUT2D eigenvalue weighted by atomic mass is 10.3. The Balaban J connectivity index is 1.82. The van der Waals surface area contributed by atoms with Gasteiger partial charge in [0.15, 0.2) is 0 Å². The predicted octanol–water partition coefficient (Wildman–Crippen LogP) is 1.97. The third kappa shape index (κ3) is 4.77. The molecule has 0 saturated heterocycles. The van der Waals surface area contributed by atoms with Gasteiger partial charge in [0.1, 0.15) is 0 Å². The van der Waals surface area contributed by atoms with Crippen LogP contribution in [0, 0.1) is 0 Å². The van der Waals surface area contributed by atoms with Crippen molar-refractivity contribution in [2.24, 2.45) is 0 Å². The lowest BCUT2D eigenvalue weighted by Crippen LogP contribution is -2.25. The van der Waals surface area contributed by atoms with Gasteiger partial charge >= 0.3 is 0 Å². The van der Waals surface area contributed by atoms with Crippen LogP contribution in [-0.2, 0) is 14.8 Å². The molecule has 2 rings (SSSR count). The van der Waals surface area contributed by atoms with Gasteiger partial charge in [-0.05, 0) is 49.9 Å². The van der Waals surface area contributed by atoms with Crippen molar-refractivity contribution in [1.82, 2.24) is 4.72 Å². The highest BCUT2D eigenvalue weighted by Crippen LogP contribution is 2.22. The number of sulfonamides is 1. The van der Waals surface area contributed by atoms with Gasteiger partial charge in [0.2, 0.25) is 10.0 Å². The van der Waals surface area contributed by atoms with Gasteiger partial charge in [-0.2, -0.15) is 0 Å². The van der Waals surface area contributed by atoms with E-state index in [1.54, 1.807) is 31.4 Å². The quantitative estimate of drug-likeness (QED) is 0.684. The van der Waals surface area contributed by atoms with E-state index in [0.29, 0.717) is 4.90 Å². The number of rotatable bonds is 9. The normalized spacial score (nSPS) is 15.2. The highest BCUT2D eigenvalue weighted by molar-refractivity contribution is 7.89. The predicted molar refractivity (Wildman–Crippen MR) is 79.4 cm³/mol. The molecule has 1 fully saturated rings. The second-order valence-electron chi connectivity index (χ2n) is 5.05. The summed E-state index contributed by atoms with van der Waals surface area (Å²) in [5, 5.41) is 3.26. The number of benzene rings is 1. The monoisotopic (exact) mass is 298 g/mol. The van der Waals surface area contributed by atoms with Gasteiger partial charge < -0.3 is 10.1 Å². The molecular formula is C14H22N2O3S. The fraction of sp³-hybridized carbons (Fsp3) is 0.571. The molecule has 0 unspecified atom stereocenters. The second kappa shape index (κ2) is 7.06. The molecule has 0 spiro atoms. The first-order valence-corrected chi connectivity index (χ1v) is 8.45. The first-order valence-electron chi connectivity index (χ1n) is 6.97. The molecule has 1 aromatic carbocycles. The molecule has 0 heterocycles. The molecule has 1 aromatic rings. The van der Waals surface area contributed by atoms with Gasteiger partial charge in [0, 0.05) is 32.0 Å². The third-order valence-electron chi connectivity index (χ3n) is 3.17. The summed E-state index contributed by atoms with van der Waals surface area (Å²) in [6, 6.07) is 7.03. The van der Waals surface area contributed by atoms with E-state index >= 15 is 0 Å². The van der Waals surface area contributed by atoms with Crippen LogP contribution in [0.4, 0.5) is 5.69 Å². The van der Waals surface area contributed by atoms with E-state index in [-0.39, 0.29) is 6.04 Å². The van der Waals surface area contributed by atoms with Crippen LogP contribution in [0.25, 0.3) is 0 Å². The number of anilines is 1. The Morgan fingerprint density at radius 1 is 1.20 bits per heavy atom. The Morgan fingerprint density at radius 3 is 2.50 bits per heavy atom. The number of unbranched alkanes of at least 4 members (excludes halogenated alkanes) is 1. The largest absolute Gasteiger partial charge is 0.385 e. The fourth-order valence-corrected chi connectivity index (χ4v) is 3.15. The van der Waals surface area contributed by atoms with E-state index < -0.39 is 10.0 Å². The maximum Gasteiger partial charge on any atom is 0.240 e. The molecule has 1 aliphatic rings. The van der Waals surface area contributed by atoms with Crippen LogP contribution in [0.1, 0.15) is 25.7 Å². The Kier molecular flexibility index (Phi) is 5.39. The molecule has 0 aromatic heterocycles. The van der Waals surface area contributed by atoms with Gasteiger partial charge in [-0.15, -0.1) is 0 Å². The van der Waals surface area contributed by atoms with E-state index in [4.69, 9.17) is 4.74 Å². The molecule has 5 nitrogen and oxygen atoms in total. The number of hydrogen-bond donors (Lipinski definition) is 2. The van der Waals surface area contributed by atoms with Crippen LogP contribution in [0.15, 0.2) is 29.2 Å². The standard InChI is InChI=1S/C14H22N2O3S/c1-19-11-3-2-10-15-12-6-8-14(9-7-12)20(17,18)16-13-4-5-13/h6-9,13,15-16H,2-5,10-11H2,1H3. The Morgan fingerprint density at radius 2 is 1.90 bits per heavy atom. The van der Waals surface area contributed by atoms with Crippen molar-refractivity contribution in [3.05, 3.63) is 24.3 Å². The summed E-state index contributed by atoms with van der Waals surface area (Å²) >= 11 is 0. The first kappa shape index (κ1) is 15.3. The summed E-state index contributed by atoms with van der Waals surface area (Å²) in [5.41, 5.74) is 0.938. The van der Waals surface area contributed by atoms with Gasteiger partial charge in [0.05, 0.1) is 4.90 Å². The van der Waals surface area contributed by atoms with Crippen molar-refractivity contribution < 1.29 is 13.2 Å². The summed E-state index contributed by atoms with van der Waals surface area (Å²) < 4.78 is 31.6. The molecule has 2 N–H and O–H groups in total. The Hall–Kier alpha value is -1.11. The van der Waals surface area contributed by atoms with E-state index in [0.717, 1.165) is 44.5 Å². The Bertz CT molecular complexity index is 510. The summed E-state index contributed by atoms with van der Waals surface area (Å²) in [6.07, 6.45) is 3.93. The van der Waals surface area contributed by atoms with Crippen LogP contribution >= 0.6 is 0 Å². The van der Waals surface area contributed by atoms with Crippen LogP contribution in [0.5, 0.6) is 0 Å². The molecule has 1 aliphatic carbocycles. The maximum atomic E-state index is 12.0. The van der Waals surface area contributed by atoms with Gasteiger partial charge in [-0.1, -0.05) is 0 Å². The molecule has 6 heteroatoms. The zero-order valence-electron chi connectivity index (χ0n) is 11.8. The number of hydrogen-bond acceptors (Lipinski definition) is 4. The minimum Gasteiger partial charge on any atom is -0.385 e. The number of ether oxygens (including phenoxy) is 1. The first-order chi connectivity index (χ1) is 9.62. The molecule has 0 atom stereocenters. The van der Waals surface area contributed by atoms with E-state index in [1.807, 2.05) is 0 Å². The van der Waals surface area contributed by atoms with Crippen molar-refractivity contribution in [2.45, 2.75) is 36.6 Å². The maximum absolute atomic E-state index is 12.0. The molecule has 1 saturated carbocycles. The second-order valence-corrected chi connectivity index (χ2v) is 6.76. The topological polar surface area (TPSA) is 67.4 Å². The summed E-state index contributed by atoms with van der Waals surface area (Å²) in [4.78, 5) is 0.328. The van der Waals surface area contributed by atoms with E-state index in [9.17, 15) is 8.42 Å². The molecule has 112 valence electrons. The molecule has 0 bridgehead atoms. The Labute approximate surface area is 120 Å². The fourth-order valence-electron chi connectivity index (χ4n) is 1.84. The van der Waals surface area contributed by atoms with Crippen LogP contribution in [0.3, 0.4) is 0 Å². The van der Waals surface area contributed by atoms with Crippen LogP contribution in [0.2, 0.25) is 0 Å². The average molecular weight is 298 g/mol. The highest BCUT2D eigenvalue weighted by Gasteiger charge is 2.27. The number of nitrogens with one attached hydrogen (secondary N) is 2. The molecule has 0 radical (unpaired) electrons. The summed E-state index contributed by atoms with van der Waals surface area (Å²) in [5.74, 6) is 0. The molecular weight excluding hydrogens is 276 g/mol. The highest BCUT2D eigenvalue weighted by atomic mass is 32.2. The lowest BCUT2D eigenvalue weighted by molar-refractivity contribution is 0.194. The van der Waals surface area contributed by atoms with Crippen LogP contribution < -0.4 is 10.0 Å². The van der Waals surface area contributed by atoms with Crippen molar-refractivity contribution in [1.29, 1.82) is 0 Å². The van der Waals surface area contributed by atoms with Crippen LogP contribution in [-0.4, -0.2) is 34.7 Å². The van der Waals surface area contributed by atoms with Gasteiger partial charge in [-0.3, -0.25) is 0 Å². The van der Waals surface area contributed by atoms with Crippen molar-refractivity contribution in [3.8, 4) is 0 Å². The molecule has 20 heavy (non-hydrogen) atoms. The summed E-state index contributed by atoms with van der Waals surface area (Å²) in [6.45, 7) is 1.63. The van der Waals surface area contributed by atoms with Crippen molar-refractivity contribution in [2.75, 3.05) is 25.6 Å². The minimum atomic E-state index is -3.34. The minimum absolute atomic E-state index is 0.138. The van der Waals surface area contributed by atoms with Crippen molar-refractivity contribution >= 4 is 15.7 Å². The SMILES string of the molecule is COCCCCNc1ccc(S(=O)(=O)NC2CC2)cc1. The van der Waals surface area contributed by atoms with Gasteiger partial charge in [0.25, 0.3) is 0 Å². The van der Waals surface area contributed by atoms with Crippen molar-refractivity contribution in [3.63, 3.8) is 0 Å². The zero-order valence-corrected chi connectivity index (χ0v) is 12.6. The smallest absolute Gasteiger partial charge is 0.240 e. The molecule has 0 amide bonds. The van der Waals surface area contributed by atoms with E-state index in [2.05, 4.69) is 10.0 Å². The summed E-state index contributed by atoms with van der Waals surface area (Å²) in [7, 11) is -1.64. The lowest BCUT2D eigenvalue weighted by Gasteiger charge is -2.08. The third-order valence-corrected chi connectivity index (χ3v) is 4.70. The number of methoxy groups -OCH3 is 1. The average Bonchev–Trinajstić information content (AvgIpc) is 3.22. The molecule has 0 aliphatic heterocycles. The van der Waals surface area contributed by atoms with E-state index in [1.165, 1.54) is 0 Å². The van der Waals surface area contributed by atoms with Gasteiger partial charge in [-0.25, -0.2) is 13.1 Å². The zero-order chi connectivity index (χ0) is 14.4.